The van der Waals surface area contributed by atoms with Gasteiger partial charge in [0.25, 0.3) is 0 Å². The van der Waals surface area contributed by atoms with Gasteiger partial charge in [0.15, 0.2) is 0 Å². The predicted octanol–water partition coefficient (Wildman–Crippen LogP) is 3.46. The first kappa shape index (κ1) is 11.5. The Kier molecular flexibility index (Phi) is 2.70. The number of carboxylic acid groups (broad SMARTS) is 1. The van der Waals surface area contributed by atoms with E-state index in [9.17, 15) is 4.79 Å². The molecule has 86 valence electrons. The fourth-order valence-corrected chi connectivity index (χ4v) is 2.62. The molecule has 0 amide bonds. The van der Waals surface area contributed by atoms with E-state index in [0.29, 0.717) is 5.02 Å². The molecule has 1 N–H and O–H groups in total. The molecule has 16 heavy (non-hydrogen) atoms. The van der Waals surface area contributed by atoms with E-state index in [-0.39, 0.29) is 11.8 Å². The third-order valence-corrected chi connectivity index (χ3v) is 3.76. The van der Waals surface area contributed by atoms with Crippen molar-refractivity contribution in [2.45, 2.75) is 38.5 Å². The summed E-state index contributed by atoms with van der Waals surface area (Å²) in [6.45, 7) is 4.06. The summed E-state index contributed by atoms with van der Waals surface area (Å²) in [4.78, 5) is 10.9. The fraction of sp³-hybridized carbons (Fsp3) is 0.462. The van der Waals surface area contributed by atoms with Gasteiger partial charge >= 0.3 is 5.97 Å². The monoisotopic (exact) mass is 238 g/mol. The summed E-state index contributed by atoms with van der Waals surface area (Å²) in [5.74, 6) is -0.727. The highest BCUT2D eigenvalue weighted by molar-refractivity contribution is 6.30. The molecule has 0 unspecified atom stereocenters. The van der Waals surface area contributed by atoms with Crippen molar-refractivity contribution >= 4 is 17.6 Å². The van der Waals surface area contributed by atoms with E-state index in [4.69, 9.17) is 16.7 Å². The van der Waals surface area contributed by atoms with Gasteiger partial charge in [-0.3, -0.25) is 4.79 Å². The van der Waals surface area contributed by atoms with Crippen LogP contribution in [0.4, 0.5) is 0 Å². The fourth-order valence-electron chi connectivity index (χ4n) is 2.35. The minimum Gasteiger partial charge on any atom is -0.481 e. The van der Waals surface area contributed by atoms with E-state index in [1.165, 1.54) is 5.56 Å². The summed E-state index contributed by atoms with van der Waals surface area (Å²) in [6, 6.07) is 3.86. The molecular weight excluding hydrogens is 224 g/mol. The van der Waals surface area contributed by atoms with Crippen LogP contribution in [0.2, 0.25) is 5.02 Å². The molecule has 0 atom stereocenters. The molecule has 1 aromatic carbocycles. The Morgan fingerprint density at radius 1 is 1.44 bits per heavy atom. The van der Waals surface area contributed by atoms with E-state index in [1.807, 2.05) is 26.0 Å². The summed E-state index contributed by atoms with van der Waals surface area (Å²) in [5.41, 5.74) is 3.30. The zero-order valence-corrected chi connectivity index (χ0v) is 10.3. The molecule has 1 saturated carbocycles. The summed E-state index contributed by atoms with van der Waals surface area (Å²) in [7, 11) is 0. The lowest BCUT2D eigenvalue weighted by atomic mass is 9.87. The molecule has 1 aromatic rings. The third kappa shape index (κ3) is 1.94. The molecule has 1 aliphatic carbocycles. The number of halogens is 1. The number of carbonyl (C=O) groups is 1. The van der Waals surface area contributed by atoms with Gasteiger partial charge in [0.2, 0.25) is 0 Å². The standard InChI is InChI=1S/C13H15ClO2/c1-8-5-10(14)6-11(9(8)2)13(3-4-13)7-12(15)16/h5-6H,3-4,7H2,1-2H3,(H,15,16). The van der Waals surface area contributed by atoms with Crippen LogP contribution in [0.5, 0.6) is 0 Å². The van der Waals surface area contributed by atoms with Gasteiger partial charge in [0, 0.05) is 10.4 Å². The van der Waals surface area contributed by atoms with E-state index in [1.54, 1.807) is 0 Å². The molecule has 2 nitrogen and oxygen atoms in total. The number of rotatable bonds is 3. The average Bonchev–Trinajstić information content (AvgIpc) is 2.91. The van der Waals surface area contributed by atoms with Crippen LogP contribution in [0.1, 0.15) is 36.0 Å². The predicted molar refractivity (Wildman–Crippen MR) is 64.1 cm³/mol. The van der Waals surface area contributed by atoms with Gasteiger partial charge in [0.1, 0.15) is 0 Å². The molecule has 1 fully saturated rings. The van der Waals surface area contributed by atoms with Gasteiger partial charge in [-0.1, -0.05) is 11.6 Å². The van der Waals surface area contributed by atoms with Gasteiger partial charge < -0.3 is 5.11 Å². The number of carboxylic acids is 1. The van der Waals surface area contributed by atoms with Crippen molar-refractivity contribution in [1.29, 1.82) is 0 Å². The lowest BCUT2D eigenvalue weighted by Gasteiger charge is -2.18. The maximum absolute atomic E-state index is 10.9. The summed E-state index contributed by atoms with van der Waals surface area (Å²) in [5, 5.41) is 9.65. The Labute approximate surface area is 100 Å². The van der Waals surface area contributed by atoms with E-state index >= 15 is 0 Å². The van der Waals surface area contributed by atoms with Crippen LogP contribution in [-0.2, 0) is 10.2 Å². The molecule has 1 aliphatic rings. The Hall–Kier alpha value is -1.02. The smallest absolute Gasteiger partial charge is 0.304 e. The van der Waals surface area contributed by atoms with Gasteiger partial charge in [-0.2, -0.15) is 0 Å². The zero-order valence-electron chi connectivity index (χ0n) is 9.51. The van der Waals surface area contributed by atoms with Crippen molar-refractivity contribution < 1.29 is 9.90 Å². The maximum Gasteiger partial charge on any atom is 0.304 e. The second kappa shape index (κ2) is 3.77. The molecule has 0 aromatic heterocycles. The molecule has 0 spiro atoms. The van der Waals surface area contributed by atoms with Crippen molar-refractivity contribution in [3.05, 3.63) is 33.8 Å². The second-order valence-corrected chi connectivity index (χ2v) is 5.18. The molecular formula is C13H15ClO2. The Bertz CT molecular complexity index is 447. The van der Waals surface area contributed by atoms with Gasteiger partial charge in [-0.05, 0) is 55.5 Å². The molecule has 0 bridgehead atoms. The maximum atomic E-state index is 10.9. The number of benzene rings is 1. The van der Waals surface area contributed by atoms with Crippen LogP contribution in [0.25, 0.3) is 0 Å². The quantitative estimate of drug-likeness (QED) is 0.876. The zero-order chi connectivity index (χ0) is 11.9. The first-order valence-electron chi connectivity index (χ1n) is 5.44. The summed E-state index contributed by atoms with van der Waals surface area (Å²) < 4.78 is 0. The van der Waals surface area contributed by atoms with E-state index in [0.717, 1.165) is 24.0 Å². The van der Waals surface area contributed by atoms with Crippen LogP contribution in [-0.4, -0.2) is 11.1 Å². The van der Waals surface area contributed by atoms with Crippen molar-refractivity contribution in [3.8, 4) is 0 Å². The number of hydrogen-bond acceptors (Lipinski definition) is 1. The van der Waals surface area contributed by atoms with Gasteiger partial charge in [-0.25, -0.2) is 0 Å². The SMILES string of the molecule is Cc1cc(Cl)cc(C2(CC(=O)O)CC2)c1C. The first-order chi connectivity index (χ1) is 7.44. The van der Waals surface area contributed by atoms with Crippen LogP contribution in [0, 0.1) is 13.8 Å². The summed E-state index contributed by atoms with van der Waals surface area (Å²) >= 11 is 6.05. The first-order valence-corrected chi connectivity index (χ1v) is 5.81. The second-order valence-electron chi connectivity index (χ2n) is 4.75. The minimum atomic E-state index is -0.727. The van der Waals surface area contributed by atoms with Crippen molar-refractivity contribution in [1.82, 2.24) is 0 Å². The minimum absolute atomic E-state index is 0.147. The lowest BCUT2D eigenvalue weighted by Crippen LogP contribution is -2.14. The highest BCUT2D eigenvalue weighted by atomic mass is 35.5. The van der Waals surface area contributed by atoms with Crippen molar-refractivity contribution in [2.75, 3.05) is 0 Å². The lowest BCUT2D eigenvalue weighted by molar-refractivity contribution is -0.137. The largest absolute Gasteiger partial charge is 0.481 e. The van der Waals surface area contributed by atoms with Gasteiger partial charge in [0.05, 0.1) is 6.42 Å². The molecule has 2 rings (SSSR count). The van der Waals surface area contributed by atoms with Crippen LogP contribution >= 0.6 is 11.6 Å². The number of aliphatic carboxylic acids is 1. The molecule has 3 heteroatoms. The van der Waals surface area contributed by atoms with E-state index < -0.39 is 5.97 Å². The number of aryl methyl sites for hydroxylation is 1. The third-order valence-electron chi connectivity index (χ3n) is 3.55. The Morgan fingerprint density at radius 2 is 2.06 bits per heavy atom. The van der Waals surface area contributed by atoms with E-state index in [2.05, 4.69) is 0 Å². The van der Waals surface area contributed by atoms with Crippen molar-refractivity contribution in [2.24, 2.45) is 0 Å². The molecule has 0 radical (unpaired) electrons. The Balaban J connectivity index is 2.44. The molecule has 0 heterocycles. The topological polar surface area (TPSA) is 37.3 Å². The summed E-state index contributed by atoms with van der Waals surface area (Å²) in [6.07, 6.45) is 2.13. The highest BCUT2D eigenvalue weighted by Gasteiger charge is 2.47. The number of hydrogen-bond donors (Lipinski definition) is 1. The Morgan fingerprint density at radius 3 is 2.56 bits per heavy atom. The molecule has 0 saturated heterocycles. The van der Waals surface area contributed by atoms with Crippen LogP contribution < -0.4 is 0 Å². The normalized spacial score (nSPS) is 17.2. The highest BCUT2D eigenvalue weighted by Crippen LogP contribution is 2.52. The van der Waals surface area contributed by atoms with Crippen LogP contribution in [0.3, 0.4) is 0 Å². The van der Waals surface area contributed by atoms with Gasteiger partial charge in [-0.15, -0.1) is 0 Å². The van der Waals surface area contributed by atoms with Crippen LogP contribution in [0.15, 0.2) is 12.1 Å². The molecule has 0 aliphatic heterocycles. The average molecular weight is 239 g/mol. The van der Waals surface area contributed by atoms with Crippen molar-refractivity contribution in [3.63, 3.8) is 0 Å².